The van der Waals surface area contributed by atoms with Gasteiger partial charge in [-0.25, -0.2) is 4.98 Å². The van der Waals surface area contributed by atoms with E-state index in [1.54, 1.807) is 12.1 Å². The molecule has 0 saturated heterocycles. The van der Waals surface area contributed by atoms with Crippen molar-refractivity contribution in [2.45, 2.75) is 26.7 Å². The molecular weight excluding hydrogens is 412 g/mol. The van der Waals surface area contributed by atoms with E-state index in [1.807, 2.05) is 55.5 Å². The van der Waals surface area contributed by atoms with Crippen LogP contribution in [0, 0.1) is 6.92 Å². The molecule has 158 valence electrons. The Labute approximate surface area is 186 Å². The first kappa shape index (κ1) is 20.9. The summed E-state index contributed by atoms with van der Waals surface area (Å²) in [5.41, 5.74) is 4.88. The summed E-state index contributed by atoms with van der Waals surface area (Å²) in [5, 5.41) is 3.22. The van der Waals surface area contributed by atoms with Crippen LogP contribution < -0.4 is 10.1 Å². The highest BCUT2D eigenvalue weighted by molar-refractivity contribution is 6.33. The average Bonchev–Trinajstić information content (AvgIpc) is 3.18. The van der Waals surface area contributed by atoms with Gasteiger partial charge in [-0.1, -0.05) is 49.7 Å². The third-order valence-electron chi connectivity index (χ3n) is 5.02. The lowest BCUT2D eigenvalue weighted by Gasteiger charge is -2.11. The second-order valence-corrected chi connectivity index (χ2v) is 8.11. The van der Waals surface area contributed by atoms with Gasteiger partial charge in [0.2, 0.25) is 5.89 Å². The number of ether oxygens (including phenoxy) is 1. The molecule has 0 aliphatic carbocycles. The number of anilines is 1. The number of halogens is 1. The van der Waals surface area contributed by atoms with Gasteiger partial charge in [0.15, 0.2) is 12.2 Å². The lowest BCUT2D eigenvalue weighted by atomic mass is 10.0. The number of aryl methyl sites for hydroxylation is 1. The van der Waals surface area contributed by atoms with E-state index in [2.05, 4.69) is 24.1 Å². The van der Waals surface area contributed by atoms with Gasteiger partial charge in [0.05, 0.1) is 10.7 Å². The molecule has 0 radical (unpaired) electrons. The van der Waals surface area contributed by atoms with E-state index < -0.39 is 0 Å². The summed E-state index contributed by atoms with van der Waals surface area (Å²) in [6, 6.07) is 18.8. The molecule has 1 N–H and O–H groups in total. The molecule has 0 unspecified atom stereocenters. The third kappa shape index (κ3) is 4.72. The Hall–Kier alpha value is -3.31. The molecule has 0 fully saturated rings. The predicted octanol–water partition coefficient (Wildman–Crippen LogP) is 6.60. The van der Waals surface area contributed by atoms with Gasteiger partial charge in [0.1, 0.15) is 11.3 Å². The van der Waals surface area contributed by atoms with E-state index in [0.29, 0.717) is 33.9 Å². The maximum atomic E-state index is 12.4. The molecule has 1 amide bonds. The van der Waals surface area contributed by atoms with Gasteiger partial charge >= 0.3 is 0 Å². The molecule has 0 aliphatic rings. The van der Waals surface area contributed by atoms with Gasteiger partial charge in [-0.2, -0.15) is 0 Å². The van der Waals surface area contributed by atoms with Crippen molar-refractivity contribution in [1.82, 2.24) is 4.98 Å². The summed E-state index contributed by atoms with van der Waals surface area (Å²) in [4.78, 5) is 17.0. The number of nitrogens with zero attached hydrogens (tertiary/aromatic N) is 1. The Morgan fingerprint density at radius 3 is 2.71 bits per heavy atom. The lowest BCUT2D eigenvalue weighted by Crippen LogP contribution is -2.20. The summed E-state index contributed by atoms with van der Waals surface area (Å²) in [6.45, 7) is 6.09. The van der Waals surface area contributed by atoms with Crippen LogP contribution in [0.5, 0.6) is 5.75 Å². The molecule has 5 nitrogen and oxygen atoms in total. The summed E-state index contributed by atoms with van der Waals surface area (Å²) < 4.78 is 11.5. The Morgan fingerprint density at radius 1 is 1.13 bits per heavy atom. The highest BCUT2D eigenvalue weighted by Gasteiger charge is 2.14. The van der Waals surface area contributed by atoms with Crippen LogP contribution in [-0.2, 0) is 4.79 Å². The molecule has 0 spiro atoms. The SMILES string of the molecule is Cc1ccccc1OCC(=O)Nc1cc(-c2nc3cc(C(C)C)ccc3o2)ccc1Cl. The molecule has 1 aromatic heterocycles. The van der Waals surface area contributed by atoms with Crippen molar-refractivity contribution >= 4 is 34.3 Å². The Kier molecular flexibility index (Phi) is 5.96. The maximum Gasteiger partial charge on any atom is 0.262 e. The molecule has 6 heteroatoms. The van der Waals surface area contributed by atoms with Crippen LogP contribution in [0.2, 0.25) is 5.02 Å². The van der Waals surface area contributed by atoms with E-state index in [4.69, 9.17) is 20.8 Å². The van der Waals surface area contributed by atoms with Crippen molar-refractivity contribution in [1.29, 1.82) is 0 Å². The quantitative estimate of drug-likeness (QED) is 0.371. The van der Waals surface area contributed by atoms with E-state index in [0.717, 1.165) is 16.6 Å². The number of hydrogen-bond donors (Lipinski definition) is 1. The fraction of sp³-hybridized carbons (Fsp3) is 0.200. The smallest absolute Gasteiger partial charge is 0.262 e. The molecule has 31 heavy (non-hydrogen) atoms. The van der Waals surface area contributed by atoms with Crippen molar-refractivity contribution in [3.05, 3.63) is 76.8 Å². The molecule has 0 aliphatic heterocycles. The monoisotopic (exact) mass is 434 g/mol. The highest BCUT2D eigenvalue weighted by atomic mass is 35.5. The van der Waals surface area contributed by atoms with Crippen molar-refractivity contribution in [2.24, 2.45) is 0 Å². The van der Waals surface area contributed by atoms with Gasteiger partial charge < -0.3 is 14.5 Å². The highest BCUT2D eigenvalue weighted by Crippen LogP contribution is 2.31. The first-order chi connectivity index (χ1) is 14.9. The summed E-state index contributed by atoms with van der Waals surface area (Å²) >= 11 is 6.30. The fourth-order valence-corrected chi connectivity index (χ4v) is 3.39. The van der Waals surface area contributed by atoms with E-state index >= 15 is 0 Å². The van der Waals surface area contributed by atoms with E-state index in [-0.39, 0.29) is 12.5 Å². The maximum absolute atomic E-state index is 12.4. The summed E-state index contributed by atoms with van der Waals surface area (Å²) in [5.74, 6) is 1.24. The molecular formula is C25H23ClN2O3. The number of hydrogen-bond acceptors (Lipinski definition) is 4. The molecule has 0 atom stereocenters. The minimum Gasteiger partial charge on any atom is -0.483 e. The van der Waals surface area contributed by atoms with Gasteiger partial charge in [-0.3, -0.25) is 4.79 Å². The molecule has 3 aromatic carbocycles. The Balaban J connectivity index is 1.52. The zero-order chi connectivity index (χ0) is 22.0. The van der Waals surface area contributed by atoms with Crippen molar-refractivity contribution in [3.63, 3.8) is 0 Å². The first-order valence-electron chi connectivity index (χ1n) is 10.1. The second-order valence-electron chi connectivity index (χ2n) is 7.70. The predicted molar refractivity (Wildman–Crippen MR) is 124 cm³/mol. The molecule has 0 bridgehead atoms. The molecule has 0 saturated carbocycles. The van der Waals surface area contributed by atoms with Gasteiger partial charge in [-0.05, 0) is 60.4 Å². The van der Waals surface area contributed by atoms with Gasteiger partial charge in [0, 0.05) is 5.56 Å². The number of carbonyl (C=O) groups is 1. The van der Waals surface area contributed by atoms with E-state index in [9.17, 15) is 4.79 Å². The number of benzene rings is 3. The average molecular weight is 435 g/mol. The Bertz CT molecular complexity index is 1250. The molecule has 4 aromatic rings. The normalized spacial score (nSPS) is 11.1. The number of para-hydroxylation sites is 1. The van der Waals surface area contributed by atoms with Crippen LogP contribution >= 0.6 is 11.6 Å². The van der Waals surface area contributed by atoms with Gasteiger partial charge in [-0.15, -0.1) is 0 Å². The van der Waals surface area contributed by atoms with Crippen LogP contribution in [-0.4, -0.2) is 17.5 Å². The third-order valence-corrected chi connectivity index (χ3v) is 5.35. The van der Waals surface area contributed by atoms with Crippen molar-refractivity contribution < 1.29 is 13.9 Å². The lowest BCUT2D eigenvalue weighted by molar-refractivity contribution is -0.118. The summed E-state index contributed by atoms with van der Waals surface area (Å²) in [7, 11) is 0. The fourth-order valence-electron chi connectivity index (χ4n) is 3.23. The van der Waals surface area contributed by atoms with Crippen LogP contribution in [0.15, 0.2) is 65.1 Å². The molecule has 1 heterocycles. The van der Waals surface area contributed by atoms with E-state index in [1.165, 1.54) is 5.56 Å². The van der Waals surface area contributed by atoms with Crippen molar-refractivity contribution in [3.8, 4) is 17.2 Å². The number of fused-ring (bicyclic) bond motifs is 1. The van der Waals surface area contributed by atoms with Crippen LogP contribution in [0.25, 0.3) is 22.6 Å². The zero-order valence-corrected chi connectivity index (χ0v) is 18.4. The topological polar surface area (TPSA) is 64.4 Å². The minimum absolute atomic E-state index is 0.119. The number of rotatable bonds is 6. The summed E-state index contributed by atoms with van der Waals surface area (Å²) in [6.07, 6.45) is 0. The standard InChI is InChI=1S/C25H23ClN2O3/c1-15(2)17-9-11-23-21(12-17)28-25(31-23)18-8-10-19(26)20(13-18)27-24(29)14-30-22-7-5-4-6-16(22)3/h4-13,15H,14H2,1-3H3,(H,27,29). The first-order valence-corrected chi connectivity index (χ1v) is 10.5. The van der Waals surface area contributed by atoms with Crippen LogP contribution in [0.3, 0.4) is 0 Å². The van der Waals surface area contributed by atoms with Crippen molar-refractivity contribution in [2.75, 3.05) is 11.9 Å². The number of amides is 1. The van der Waals surface area contributed by atoms with Crippen LogP contribution in [0.4, 0.5) is 5.69 Å². The minimum atomic E-state index is -0.304. The molecule has 4 rings (SSSR count). The Morgan fingerprint density at radius 2 is 1.94 bits per heavy atom. The second kappa shape index (κ2) is 8.82. The van der Waals surface area contributed by atoms with Gasteiger partial charge in [0.25, 0.3) is 5.91 Å². The number of aromatic nitrogens is 1. The number of oxazole rings is 1. The largest absolute Gasteiger partial charge is 0.483 e. The number of nitrogens with one attached hydrogen (secondary N) is 1. The number of carbonyl (C=O) groups excluding carboxylic acids is 1. The zero-order valence-electron chi connectivity index (χ0n) is 17.6. The van der Waals surface area contributed by atoms with Crippen LogP contribution in [0.1, 0.15) is 30.9 Å².